The molecule has 1 heterocycles. The van der Waals surface area contributed by atoms with Gasteiger partial charge in [0.25, 0.3) is 0 Å². The van der Waals surface area contributed by atoms with Crippen molar-refractivity contribution in [2.45, 2.75) is 26.8 Å². The van der Waals surface area contributed by atoms with Crippen LogP contribution >= 0.6 is 0 Å². The summed E-state index contributed by atoms with van der Waals surface area (Å²) in [4.78, 5) is 10.3. The van der Waals surface area contributed by atoms with E-state index in [9.17, 15) is 0 Å². The van der Waals surface area contributed by atoms with Gasteiger partial charge < -0.3 is 15.7 Å². The molecule has 1 atom stereocenters. The van der Waals surface area contributed by atoms with Gasteiger partial charge in [0.15, 0.2) is 0 Å². The number of hydrogen-bond donors (Lipinski definition) is 2. The number of rotatable bonds is 3. The van der Waals surface area contributed by atoms with Crippen molar-refractivity contribution >= 4 is 11.6 Å². The van der Waals surface area contributed by atoms with Gasteiger partial charge >= 0.3 is 0 Å². The van der Waals surface area contributed by atoms with Crippen molar-refractivity contribution in [2.24, 2.45) is 0 Å². The van der Waals surface area contributed by atoms with E-state index in [4.69, 9.17) is 10.8 Å². The number of nitrogen functional groups attached to an aromatic ring is 1. The first-order valence-corrected chi connectivity index (χ1v) is 4.91. The first-order valence-electron chi connectivity index (χ1n) is 4.91. The van der Waals surface area contributed by atoms with Crippen molar-refractivity contribution < 1.29 is 5.11 Å². The van der Waals surface area contributed by atoms with Crippen molar-refractivity contribution in [2.75, 3.05) is 24.3 Å². The molecule has 1 unspecified atom stereocenters. The molecule has 84 valence electrons. The molecule has 0 spiro atoms. The molecule has 0 bridgehead atoms. The van der Waals surface area contributed by atoms with Crippen LogP contribution in [0.3, 0.4) is 0 Å². The van der Waals surface area contributed by atoms with Crippen molar-refractivity contribution in [1.82, 2.24) is 9.97 Å². The Bertz CT molecular complexity index is 354. The van der Waals surface area contributed by atoms with Crippen LogP contribution in [-0.4, -0.2) is 34.8 Å². The molecule has 0 saturated carbocycles. The molecule has 5 heteroatoms. The predicted molar refractivity (Wildman–Crippen MR) is 60.9 cm³/mol. The Hall–Kier alpha value is -1.36. The van der Waals surface area contributed by atoms with Crippen molar-refractivity contribution in [3.8, 4) is 0 Å². The zero-order chi connectivity index (χ0) is 11.6. The molecule has 0 saturated heterocycles. The Morgan fingerprint density at radius 2 is 2.00 bits per heavy atom. The van der Waals surface area contributed by atoms with Crippen LogP contribution in [0.15, 0.2) is 0 Å². The van der Waals surface area contributed by atoms with Crippen LogP contribution in [0.2, 0.25) is 0 Å². The second-order valence-electron chi connectivity index (χ2n) is 3.75. The maximum atomic E-state index is 9.08. The Morgan fingerprint density at radius 3 is 2.53 bits per heavy atom. The van der Waals surface area contributed by atoms with Gasteiger partial charge in [-0.1, -0.05) is 0 Å². The number of nitrogens with two attached hydrogens (primary N) is 1. The lowest BCUT2D eigenvalue weighted by Gasteiger charge is -2.26. The standard InChI is InChI=1S/C10H18N4O/c1-6(5-15)14(4)10-7(2)9(11)12-8(3)13-10/h6,15H,5H2,1-4H3,(H2,11,12,13). The molecule has 0 aliphatic heterocycles. The Morgan fingerprint density at radius 1 is 1.40 bits per heavy atom. The number of anilines is 2. The summed E-state index contributed by atoms with van der Waals surface area (Å²) in [5.41, 5.74) is 6.61. The number of likely N-dealkylation sites (N-methyl/N-ethyl adjacent to an activating group) is 1. The summed E-state index contributed by atoms with van der Waals surface area (Å²) in [5, 5.41) is 9.08. The molecule has 1 aromatic heterocycles. The first-order chi connectivity index (χ1) is 6.97. The summed E-state index contributed by atoms with van der Waals surface area (Å²) in [5.74, 6) is 1.92. The number of aromatic nitrogens is 2. The van der Waals surface area contributed by atoms with Gasteiger partial charge in [-0.25, -0.2) is 9.97 Å². The molecule has 1 aromatic rings. The summed E-state index contributed by atoms with van der Waals surface area (Å²) in [6.07, 6.45) is 0. The van der Waals surface area contributed by atoms with Crippen LogP contribution in [0.4, 0.5) is 11.6 Å². The van der Waals surface area contributed by atoms with Gasteiger partial charge in [0.05, 0.1) is 12.6 Å². The average molecular weight is 210 g/mol. The van der Waals surface area contributed by atoms with Crippen LogP contribution in [-0.2, 0) is 0 Å². The van der Waals surface area contributed by atoms with E-state index in [1.807, 2.05) is 25.8 Å². The number of nitrogens with zero attached hydrogens (tertiary/aromatic N) is 3. The molecular formula is C10H18N4O. The summed E-state index contributed by atoms with van der Waals surface area (Å²) in [6, 6.07) is 0.0115. The third-order valence-corrected chi connectivity index (χ3v) is 2.53. The normalized spacial score (nSPS) is 12.6. The minimum Gasteiger partial charge on any atom is -0.394 e. The Labute approximate surface area is 90.0 Å². The van der Waals surface area contributed by atoms with Gasteiger partial charge in [0, 0.05) is 12.6 Å². The zero-order valence-corrected chi connectivity index (χ0v) is 9.65. The second-order valence-corrected chi connectivity index (χ2v) is 3.75. The molecule has 1 rings (SSSR count). The fourth-order valence-electron chi connectivity index (χ4n) is 1.31. The van der Waals surface area contributed by atoms with E-state index < -0.39 is 0 Å². The van der Waals surface area contributed by atoms with E-state index in [1.165, 1.54) is 0 Å². The van der Waals surface area contributed by atoms with Crippen LogP contribution in [0.1, 0.15) is 18.3 Å². The SMILES string of the molecule is Cc1nc(N)c(C)c(N(C)C(C)CO)n1. The highest BCUT2D eigenvalue weighted by molar-refractivity contribution is 5.56. The minimum absolute atomic E-state index is 0.0115. The van der Waals surface area contributed by atoms with Gasteiger partial charge in [0.2, 0.25) is 0 Å². The van der Waals surface area contributed by atoms with E-state index in [0.29, 0.717) is 11.6 Å². The van der Waals surface area contributed by atoms with Gasteiger partial charge in [-0.05, 0) is 20.8 Å². The maximum Gasteiger partial charge on any atom is 0.137 e. The molecule has 0 aromatic carbocycles. The lowest BCUT2D eigenvalue weighted by Crippen LogP contribution is -2.33. The lowest BCUT2D eigenvalue weighted by molar-refractivity contribution is 0.269. The molecule has 0 fully saturated rings. The molecule has 5 nitrogen and oxygen atoms in total. The van der Waals surface area contributed by atoms with Crippen LogP contribution in [0, 0.1) is 13.8 Å². The lowest BCUT2D eigenvalue weighted by atomic mass is 10.2. The highest BCUT2D eigenvalue weighted by atomic mass is 16.3. The number of aliphatic hydroxyl groups is 1. The third kappa shape index (κ3) is 2.36. The van der Waals surface area contributed by atoms with Crippen LogP contribution < -0.4 is 10.6 Å². The largest absolute Gasteiger partial charge is 0.394 e. The summed E-state index contributed by atoms with van der Waals surface area (Å²) in [7, 11) is 1.88. The van der Waals surface area contributed by atoms with E-state index in [-0.39, 0.29) is 12.6 Å². The third-order valence-electron chi connectivity index (χ3n) is 2.53. The maximum absolute atomic E-state index is 9.08. The van der Waals surface area contributed by atoms with Crippen LogP contribution in [0.5, 0.6) is 0 Å². The van der Waals surface area contributed by atoms with E-state index >= 15 is 0 Å². The Kier molecular flexibility index (Phi) is 3.47. The second kappa shape index (κ2) is 4.44. The predicted octanol–water partition coefficient (Wildman–Crippen LogP) is 0.493. The van der Waals surface area contributed by atoms with Crippen molar-refractivity contribution in [3.63, 3.8) is 0 Å². The fourth-order valence-corrected chi connectivity index (χ4v) is 1.31. The topological polar surface area (TPSA) is 75.3 Å². The van der Waals surface area contributed by atoms with E-state index in [1.54, 1.807) is 6.92 Å². The Balaban J connectivity index is 3.13. The van der Waals surface area contributed by atoms with Gasteiger partial charge in [-0.2, -0.15) is 0 Å². The average Bonchev–Trinajstić information content (AvgIpc) is 2.21. The van der Waals surface area contributed by atoms with E-state index in [2.05, 4.69) is 9.97 Å². The zero-order valence-electron chi connectivity index (χ0n) is 9.65. The highest BCUT2D eigenvalue weighted by Gasteiger charge is 2.15. The molecule has 0 aliphatic rings. The number of aryl methyl sites for hydroxylation is 1. The first kappa shape index (κ1) is 11.7. The summed E-state index contributed by atoms with van der Waals surface area (Å²) >= 11 is 0. The monoisotopic (exact) mass is 210 g/mol. The molecule has 0 amide bonds. The molecule has 0 aliphatic carbocycles. The molecule has 3 N–H and O–H groups in total. The fraction of sp³-hybridized carbons (Fsp3) is 0.600. The quantitative estimate of drug-likeness (QED) is 0.759. The number of hydrogen-bond acceptors (Lipinski definition) is 5. The molecule has 15 heavy (non-hydrogen) atoms. The minimum atomic E-state index is 0.0115. The van der Waals surface area contributed by atoms with Gasteiger partial charge in [0.1, 0.15) is 17.5 Å². The molecular weight excluding hydrogens is 192 g/mol. The molecule has 0 radical (unpaired) electrons. The van der Waals surface area contributed by atoms with Gasteiger partial charge in [-0.15, -0.1) is 0 Å². The van der Waals surface area contributed by atoms with Gasteiger partial charge in [-0.3, -0.25) is 0 Å². The van der Waals surface area contributed by atoms with Crippen molar-refractivity contribution in [3.05, 3.63) is 11.4 Å². The number of aliphatic hydroxyl groups excluding tert-OH is 1. The van der Waals surface area contributed by atoms with Crippen LogP contribution in [0.25, 0.3) is 0 Å². The smallest absolute Gasteiger partial charge is 0.137 e. The van der Waals surface area contributed by atoms with Crippen molar-refractivity contribution in [1.29, 1.82) is 0 Å². The summed E-state index contributed by atoms with van der Waals surface area (Å²) in [6.45, 7) is 5.69. The highest BCUT2D eigenvalue weighted by Crippen LogP contribution is 2.21. The van der Waals surface area contributed by atoms with E-state index in [0.717, 1.165) is 11.4 Å². The summed E-state index contributed by atoms with van der Waals surface area (Å²) < 4.78 is 0.